The van der Waals surface area contributed by atoms with Gasteiger partial charge >= 0.3 is 0 Å². The molecule has 2 N–H and O–H groups in total. The Bertz CT molecular complexity index is 479. The summed E-state index contributed by atoms with van der Waals surface area (Å²) in [6.07, 6.45) is 0. The van der Waals surface area contributed by atoms with Crippen LogP contribution in [0.2, 0.25) is 5.02 Å². The Hall–Kier alpha value is -1.54. The Morgan fingerprint density at radius 2 is 1.67 bits per heavy atom. The van der Waals surface area contributed by atoms with E-state index in [0.29, 0.717) is 10.7 Å². The van der Waals surface area contributed by atoms with Crippen molar-refractivity contribution in [1.29, 1.82) is 0 Å². The van der Waals surface area contributed by atoms with Gasteiger partial charge in [-0.2, -0.15) is 0 Å². The van der Waals surface area contributed by atoms with Gasteiger partial charge in [0.2, 0.25) is 0 Å². The molecule has 0 fully saturated rings. The first-order valence-electron chi connectivity index (χ1n) is 4.48. The fraction of sp³-hybridized carbons (Fsp3) is 0. The third kappa shape index (κ3) is 1.95. The number of nitrogen functional groups attached to an aromatic ring is 1. The number of hydrogen-bond acceptors (Lipinski definition) is 1. The fourth-order valence-corrected chi connectivity index (χ4v) is 1.64. The molecule has 0 spiro atoms. The summed E-state index contributed by atoms with van der Waals surface area (Å²) < 4.78 is 12.7. The summed E-state index contributed by atoms with van der Waals surface area (Å²) in [5.74, 6) is -0.265. The number of benzene rings is 2. The molecule has 0 radical (unpaired) electrons. The van der Waals surface area contributed by atoms with Crippen molar-refractivity contribution in [2.24, 2.45) is 0 Å². The second kappa shape index (κ2) is 3.91. The lowest BCUT2D eigenvalue weighted by Crippen LogP contribution is -1.88. The number of rotatable bonds is 1. The van der Waals surface area contributed by atoms with E-state index in [0.717, 1.165) is 11.1 Å². The second-order valence-corrected chi connectivity index (χ2v) is 3.59. The van der Waals surface area contributed by atoms with Crippen LogP contribution in [-0.2, 0) is 0 Å². The predicted octanol–water partition coefficient (Wildman–Crippen LogP) is 3.73. The normalized spacial score (nSPS) is 10.3. The molecule has 3 heteroatoms. The molecule has 1 nitrogen and oxygen atoms in total. The maximum Gasteiger partial charge on any atom is 0.123 e. The summed E-state index contributed by atoms with van der Waals surface area (Å²) in [6.45, 7) is 0. The molecule has 0 unspecified atom stereocenters. The van der Waals surface area contributed by atoms with E-state index in [-0.39, 0.29) is 5.82 Å². The Morgan fingerprint density at radius 1 is 1.00 bits per heavy atom. The molecule has 76 valence electrons. The van der Waals surface area contributed by atoms with Gasteiger partial charge < -0.3 is 5.73 Å². The Labute approximate surface area is 92.3 Å². The van der Waals surface area contributed by atoms with Crippen LogP contribution in [0.4, 0.5) is 10.1 Å². The van der Waals surface area contributed by atoms with E-state index < -0.39 is 0 Å². The fourth-order valence-electron chi connectivity index (χ4n) is 1.40. The molecule has 2 rings (SSSR count). The van der Waals surface area contributed by atoms with Gasteiger partial charge in [-0.25, -0.2) is 4.39 Å². The molecule has 0 amide bonds. The zero-order valence-electron chi connectivity index (χ0n) is 7.87. The lowest BCUT2D eigenvalue weighted by Gasteiger charge is -2.06. The summed E-state index contributed by atoms with van der Waals surface area (Å²) in [6, 6.07) is 11.6. The zero-order valence-corrected chi connectivity index (χ0v) is 8.63. The summed E-state index contributed by atoms with van der Waals surface area (Å²) >= 11 is 6.05. The summed E-state index contributed by atoms with van der Waals surface area (Å²) in [5.41, 5.74) is 7.88. The number of hydrogen-bond donors (Lipinski definition) is 1. The minimum Gasteiger partial charge on any atom is -0.398 e. The second-order valence-electron chi connectivity index (χ2n) is 3.22. The van der Waals surface area contributed by atoms with Crippen LogP contribution in [0.15, 0.2) is 42.5 Å². The molecule has 2 aromatic rings. The van der Waals surface area contributed by atoms with Crippen molar-refractivity contribution in [3.63, 3.8) is 0 Å². The van der Waals surface area contributed by atoms with Crippen LogP contribution in [0.3, 0.4) is 0 Å². The molecule has 0 aromatic heterocycles. The largest absolute Gasteiger partial charge is 0.398 e. The van der Waals surface area contributed by atoms with E-state index in [9.17, 15) is 4.39 Å². The van der Waals surface area contributed by atoms with Gasteiger partial charge in [0.25, 0.3) is 0 Å². The van der Waals surface area contributed by atoms with E-state index in [2.05, 4.69) is 0 Å². The zero-order chi connectivity index (χ0) is 10.8. The van der Waals surface area contributed by atoms with Crippen molar-refractivity contribution < 1.29 is 4.39 Å². The smallest absolute Gasteiger partial charge is 0.123 e. The third-order valence-corrected chi connectivity index (χ3v) is 2.61. The molecule has 0 aliphatic rings. The first-order valence-corrected chi connectivity index (χ1v) is 4.86. The molecule has 0 saturated carbocycles. The van der Waals surface area contributed by atoms with Gasteiger partial charge in [0.1, 0.15) is 5.82 Å². The molecule has 2 aromatic carbocycles. The highest BCUT2D eigenvalue weighted by atomic mass is 35.5. The molecular weight excluding hydrogens is 213 g/mol. The molecule has 15 heavy (non-hydrogen) atoms. The van der Waals surface area contributed by atoms with Crippen molar-refractivity contribution in [3.05, 3.63) is 53.3 Å². The maximum absolute atomic E-state index is 12.7. The van der Waals surface area contributed by atoms with Crippen LogP contribution < -0.4 is 5.73 Å². The SMILES string of the molecule is Nc1cccc(-c2ccc(F)cc2)c1Cl. The average molecular weight is 222 g/mol. The maximum atomic E-state index is 12.7. The highest BCUT2D eigenvalue weighted by Gasteiger charge is 2.05. The minimum atomic E-state index is -0.265. The van der Waals surface area contributed by atoms with Crippen molar-refractivity contribution in [1.82, 2.24) is 0 Å². The highest BCUT2D eigenvalue weighted by Crippen LogP contribution is 2.31. The number of anilines is 1. The monoisotopic (exact) mass is 221 g/mol. The molecule has 0 atom stereocenters. The number of nitrogens with two attached hydrogens (primary N) is 1. The molecule has 0 saturated heterocycles. The Balaban J connectivity index is 2.54. The third-order valence-electron chi connectivity index (χ3n) is 2.18. The van der Waals surface area contributed by atoms with Crippen LogP contribution in [0.5, 0.6) is 0 Å². The topological polar surface area (TPSA) is 26.0 Å². The highest BCUT2D eigenvalue weighted by molar-refractivity contribution is 6.35. The van der Waals surface area contributed by atoms with Crippen molar-refractivity contribution in [3.8, 4) is 11.1 Å². The molecule has 0 heterocycles. The number of halogens is 2. The van der Waals surface area contributed by atoms with Gasteiger partial charge in [-0.1, -0.05) is 35.9 Å². The summed E-state index contributed by atoms with van der Waals surface area (Å²) in [4.78, 5) is 0. The predicted molar refractivity (Wildman–Crippen MR) is 61.3 cm³/mol. The van der Waals surface area contributed by atoms with Gasteiger partial charge in [0.15, 0.2) is 0 Å². The quantitative estimate of drug-likeness (QED) is 0.730. The Morgan fingerprint density at radius 3 is 2.33 bits per heavy atom. The molecule has 0 aliphatic heterocycles. The summed E-state index contributed by atoms with van der Waals surface area (Å²) in [7, 11) is 0. The first kappa shape index (κ1) is 9.99. The van der Waals surface area contributed by atoms with E-state index >= 15 is 0 Å². The van der Waals surface area contributed by atoms with Gasteiger partial charge in [-0.15, -0.1) is 0 Å². The van der Waals surface area contributed by atoms with E-state index in [4.69, 9.17) is 17.3 Å². The van der Waals surface area contributed by atoms with Crippen molar-refractivity contribution in [2.75, 3.05) is 5.73 Å². The van der Waals surface area contributed by atoms with Crippen LogP contribution in [0.25, 0.3) is 11.1 Å². The summed E-state index contributed by atoms with van der Waals surface area (Å²) in [5, 5.41) is 0.504. The van der Waals surface area contributed by atoms with E-state index in [1.807, 2.05) is 12.1 Å². The molecule has 0 bridgehead atoms. The average Bonchev–Trinajstić information content (AvgIpc) is 2.24. The van der Waals surface area contributed by atoms with Crippen molar-refractivity contribution in [2.45, 2.75) is 0 Å². The van der Waals surface area contributed by atoms with Crippen LogP contribution in [-0.4, -0.2) is 0 Å². The van der Waals surface area contributed by atoms with Gasteiger partial charge in [0, 0.05) is 5.56 Å². The minimum absolute atomic E-state index is 0.265. The standard InChI is InChI=1S/C12H9ClFN/c13-12-10(2-1-3-11(12)15)8-4-6-9(14)7-5-8/h1-7H,15H2. The van der Waals surface area contributed by atoms with Gasteiger partial charge in [0.05, 0.1) is 10.7 Å². The lowest BCUT2D eigenvalue weighted by atomic mass is 10.1. The lowest BCUT2D eigenvalue weighted by molar-refractivity contribution is 0.628. The van der Waals surface area contributed by atoms with Crippen LogP contribution in [0, 0.1) is 5.82 Å². The molecule has 0 aliphatic carbocycles. The van der Waals surface area contributed by atoms with E-state index in [1.54, 1.807) is 18.2 Å². The van der Waals surface area contributed by atoms with Crippen LogP contribution in [0.1, 0.15) is 0 Å². The van der Waals surface area contributed by atoms with Gasteiger partial charge in [-0.05, 0) is 23.8 Å². The van der Waals surface area contributed by atoms with Gasteiger partial charge in [-0.3, -0.25) is 0 Å². The first-order chi connectivity index (χ1) is 7.18. The van der Waals surface area contributed by atoms with E-state index in [1.165, 1.54) is 12.1 Å². The molecular formula is C12H9ClFN. The van der Waals surface area contributed by atoms with Crippen molar-refractivity contribution >= 4 is 17.3 Å². The van der Waals surface area contributed by atoms with Crippen LogP contribution >= 0.6 is 11.6 Å². The Kier molecular flexibility index (Phi) is 2.60.